The van der Waals surface area contributed by atoms with Gasteiger partial charge in [-0.1, -0.05) is 12.1 Å². The maximum atomic E-state index is 11.2. The fourth-order valence-electron chi connectivity index (χ4n) is 4.31. The third kappa shape index (κ3) is 2.88. The van der Waals surface area contributed by atoms with Gasteiger partial charge in [0.15, 0.2) is 6.73 Å². The number of benzene rings is 1. The molecular formula is C19H25N3O2. The molecule has 3 fully saturated rings. The molecule has 5 heteroatoms. The summed E-state index contributed by atoms with van der Waals surface area (Å²) in [4.78, 5) is 16.2. The number of ether oxygens (including phenoxy) is 1. The van der Waals surface area contributed by atoms with Crippen LogP contribution in [-0.2, 0) is 9.53 Å². The molecule has 128 valence electrons. The summed E-state index contributed by atoms with van der Waals surface area (Å²) in [5.41, 5.74) is 1.82. The summed E-state index contributed by atoms with van der Waals surface area (Å²) in [6, 6.07) is 9.12. The number of nitrogens with zero attached hydrogens (tertiary/aromatic N) is 2. The van der Waals surface area contributed by atoms with Gasteiger partial charge in [-0.3, -0.25) is 9.69 Å². The maximum absolute atomic E-state index is 11.2. The molecule has 0 aromatic heterocycles. The van der Waals surface area contributed by atoms with Gasteiger partial charge in [0.05, 0.1) is 0 Å². The number of hydrogen-bond donors (Lipinski definition) is 1. The van der Waals surface area contributed by atoms with E-state index in [4.69, 9.17) is 4.74 Å². The molecule has 4 aliphatic rings. The molecule has 1 amide bonds. The van der Waals surface area contributed by atoms with Crippen LogP contribution >= 0.6 is 0 Å². The number of piperidine rings is 3. The van der Waals surface area contributed by atoms with Gasteiger partial charge < -0.3 is 15.0 Å². The van der Waals surface area contributed by atoms with Crippen LogP contribution < -0.4 is 5.32 Å². The van der Waals surface area contributed by atoms with Gasteiger partial charge in [-0.2, -0.15) is 0 Å². The van der Waals surface area contributed by atoms with Gasteiger partial charge in [0.2, 0.25) is 5.91 Å². The van der Waals surface area contributed by atoms with Crippen molar-refractivity contribution in [3.8, 4) is 0 Å². The fourth-order valence-corrected chi connectivity index (χ4v) is 4.31. The average molecular weight is 327 g/mol. The number of fused-ring (bicyclic) bond motifs is 3. The van der Waals surface area contributed by atoms with Crippen molar-refractivity contribution in [1.29, 1.82) is 0 Å². The molecule has 0 spiro atoms. The molecular weight excluding hydrogens is 302 g/mol. The second-order valence-electron chi connectivity index (χ2n) is 7.24. The molecule has 0 aliphatic carbocycles. The lowest BCUT2D eigenvalue weighted by molar-refractivity contribution is -0.114. The molecule has 3 saturated heterocycles. The molecule has 4 heterocycles. The maximum Gasteiger partial charge on any atom is 0.221 e. The summed E-state index contributed by atoms with van der Waals surface area (Å²) >= 11 is 0. The molecule has 2 bridgehead atoms. The highest BCUT2D eigenvalue weighted by atomic mass is 16.5. The molecule has 24 heavy (non-hydrogen) atoms. The summed E-state index contributed by atoms with van der Waals surface area (Å²) in [6.07, 6.45) is 4.75. The highest BCUT2D eigenvalue weighted by Crippen LogP contribution is 2.37. The van der Waals surface area contributed by atoms with E-state index in [9.17, 15) is 4.79 Å². The van der Waals surface area contributed by atoms with E-state index >= 15 is 0 Å². The van der Waals surface area contributed by atoms with Crippen molar-refractivity contribution in [2.45, 2.75) is 38.8 Å². The lowest BCUT2D eigenvalue weighted by Gasteiger charge is -2.51. The summed E-state index contributed by atoms with van der Waals surface area (Å²) in [5, 5.41) is 2.83. The molecule has 4 atom stereocenters. The quantitative estimate of drug-likeness (QED) is 0.927. The second kappa shape index (κ2) is 6.13. The van der Waals surface area contributed by atoms with Gasteiger partial charge >= 0.3 is 0 Å². The van der Waals surface area contributed by atoms with Crippen LogP contribution in [0.25, 0.3) is 5.76 Å². The van der Waals surface area contributed by atoms with Crippen LogP contribution in [0.15, 0.2) is 30.5 Å². The van der Waals surface area contributed by atoms with Gasteiger partial charge in [0, 0.05) is 43.0 Å². The Kier molecular flexibility index (Phi) is 3.96. The van der Waals surface area contributed by atoms with Crippen molar-refractivity contribution < 1.29 is 9.53 Å². The standard InChI is InChI=1S/C19H25N3O2/c1-13-8-15-6-7-21(13)10-18(15)22-11-19(24-12-22)16-4-3-5-17(9-16)20-14(2)23/h3-5,9,11,13,15,18H,6-8,10,12H2,1-2H3,(H,20,23)/t13?,15?,18-/m0/s1. The summed E-state index contributed by atoms with van der Waals surface area (Å²) in [5.74, 6) is 1.61. The third-order valence-electron chi connectivity index (χ3n) is 5.57. The topological polar surface area (TPSA) is 44.8 Å². The van der Waals surface area contributed by atoms with Crippen LogP contribution in [0.2, 0.25) is 0 Å². The summed E-state index contributed by atoms with van der Waals surface area (Å²) in [7, 11) is 0. The van der Waals surface area contributed by atoms with E-state index in [0.717, 1.165) is 35.5 Å². The first-order chi connectivity index (χ1) is 11.6. The van der Waals surface area contributed by atoms with Crippen LogP contribution in [0.3, 0.4) is 0 Å². The Balaban J connectivity index is 1.50. The van der Waals surface area contributed by atoms with E-state index in [1.54, 1.807) is 0 Å². The number of carbonyl (C=O) groups excluding carboxylic acids is 1. The Labute approximate surface area is 143 Å². The van der Waals surface area contributed by atoms with Crippen molar-refractivity contribution in [2.24, 2.45) is 5.92 Å². The van der Waals surface area contributed by atoms with Crippen LogP contribution in [-0.4, -0.2) is 47.6 Å². The van der Waals surface area contributed by atoms with E-state index < -0.39 is 0 Å². The van der Waals surface area contributed by atoms with Crippen molar-refractivity contribution in [3.63, 3.8) is 0 Å². The molecule has 3 unspecified atom stereocenters. The van der Waals surface area contributed by atoms with Crippen molar-refractivity contribution in [2.75, 3.05) is 25.1 Å². The molecule has 1 aromatic carbocycles. The fraction of sp³-hybridized carbons (Fsp3) is 0.526. The van der Waals surface area contributed by atoms with Crippen LogP contribution in [0.5, 0.6) is 0 Å². The molecule has 5 nitrogen and oxygen atoms in total. The van der Waals surface area contributed by atoms with Crippen molar-refractivity contribution >= 4 is 17.4 Å². The van der Waals surface area contributed by atoms with E-state index in [1.165, 1.54) is 26.3 Å². The zero-order valence-corrected chi connectivity index (χ0v) is 14.4. The SMILES string of the molecule is CC(=O)Nc1cccc(C2=CN([C@H]3CN4CCC3CC4C)CO2)c1. The predicted molar refractivity (Wildman–Crippen MR) is 94.1 cm³/mol. The number of carbonyl (C=O) groups is 1. The first-order valence-electron chi connectivity index (χ1n) is 8.82. The lowest BCUT2D eigenvalue weighted by atomic mass is 9.79. The largest absolute Gasteiger partial charge is 0.471 e. The van der Waals surface area contributed by atoms with E-state index in [1.807, 2.05) is 24.3 Å². The van der Waals surface area contributed by atoms with Crippen LogP contribution in [0.1, 0.15) is 32.3 Å². The molecule has 5 rings (SSSR count). The van der Waals surface area contributed by atoms with Gasteiger partial charge in [-0.25, -0.2) is 0 Å². The number of nitrogens with one attached hydrogen (secondary N) is 1. The highest BCUT2D eigenvalue weighted by molar-refractivity contribution is 5.89. The van der Waals surface area contributed by atoms with Crippen LogP contribution in [0, 0.1) is 5.92 Å². The van der Waals surface area contributed by atoms with E-state index in [2.05, 4.69) is 28.2 Å². The average Bonchev–Trinajstić information content (AvgIpc) is 3.05. The zero-order chi connectivity index (χ0) is 16.7. The Morgan fingerprint density at radius 1 is 1.38 bits per heavy atom. The minimum atomic E-state index is -0.0588. The molecule has 1 aromatic rings. The smallest absolute Gasteiger partial charge is 0.221 e. The van der Waals surface area contributed by atoms with E-state index in [-0.39, 0.29) is 5.91 Å². The molecule has 0 radical (unpaired) electrons. The summed E-state index contributed by atoms with van der Waals surface area (Å²) < 4.78 is 5.96. The number of rotatable bonds is 3. The minimum absolute atomic E-state index is 0.0588. The Bertz CT molecular complexity index is 672. The molecule has 0 saturated carbocycles. The molecule has 4 aliphatic heterocycles. The number of hydrogen-bond acceptors (Lipinski definition) is 4. The monoisotopic (exact) mass is 327 g/mol. The number of amides is 1. The van der Waals surface area contributed by atoms with Gasteiger partial charge in [-0.05, 0) is 44.4 Å². The second-order valence-corrected chi connectivity index (χ2v) is 7.24. The molecule has 1 N–H and O–H groups in total. The Hall–Kier alpha value is -2.01. The lowest BCUT2D eigenvalue weighted by Crippen LogP contribution is -2.59. The normalized spacial score (nSPS) is 31.6. The van der Waals surface area contributed by atoms with Crippen molar-refractivity contribution in [1.82, 2.24) is 9.80 Å². The summed E-state index contributed by atoms with van der Waals surface area (Å²) in [6.45, 7) is 6.88. The first kappa shape index (κ1) is 15.5. The number of anilines is 1. The van der Waals surface area contributed by atoms with Gasteiger partial charge in [-0.15, -0.1) is 0 Å². The third-order valence-corrected chi connectivity index (χ3v) is 5.57. The van der Waals surface area contributed by atoms with E-state index in [0.29, 0.717) is 12.8 Å². The Morgan fingerprint density at radius 3 is 2.96 bits per heavy atom. The zero-order valence-electron chi connectivity index (χ0n) is 14.4. The van der Waals surface area contributed by atoms with Crippen LogP contribution in [0.4, 0.5) is 5.69 Å². The highest BCUT2D eigenvalue weighted by Gasteiger charge is 2.41. The van der Waals surface area contributed by atoms with Gasteiger partial charge in [0.25, 0.3) is 0 Å². The predicted octanol–water partition coefficient (Wildman–Crippen LogP) is 2.72. The first-order valence-corrected chi connectivity index (χ1v) is 8.82. The van der Waals surface area contributed by atoms with Crippen molar-refractivity contribution in [3.05, 3.63) is 36.0 Å². The Morgan fingerprint density at radius 2 is 2.25 bits per heavy atom. The van der Waals surface area contributed by atoms with Gasteiger partial charge in [0.1, 0.15) is 5.76 Å². The minimum Gasteiger partial charge on any atom is -0.471 e.